The number of ether oxygens (including phenoxy) is 1. The van der Waals surface area contributed by atoms with Gasteiger partial charge in [-0.05, 0) is 30.7 Å². The first-order valence-corrected chi connectivity index (χ1v) is 6.39. The van der Waals surface area contributed by atoms with Crippen molar-refractivity contribution in [2.24, 2.45) is 0 Å². The van der Waals surface area contributed by atoms with Crippen molar-refractivity contribution in [1.82, 2.24) is 10.2 Å². The lowest BCUT2D eigenvalue weighted by molar-refractivity contribution is 0.263. The SMILES string of the molecule is Cc1ccccc1OCc1nnc(-c2ccccc2)o1. The second-order valence-electron chi connectivity index (χ2n) is 4.42. The lowest BCUT2D eigenvalue weighted by Crippen LogP contribution is -1.97. The van der Waals surface area contributed by atoms with E-state index >= 15 is 0 Å². The summed E-state index contributed by atoms with van der Waals surface area (Å²) in [7, 11) is 0. The summed E-state index contributed by atoms with van der Waals surface area (Å²) in [6.07, 6.45) is 0. The highest BCUT2D eigenvalue weighted by atomic mass is 16.5. The Labute approximate surface area is 117 Å². The highest BCUT2D eigenvalue weighted by Gasteiger charge is 2.09. The van der Waals surface area contributed by atoms with Crippen LogP contribution in [-0.4, -0.2) is 10.2 Å². The van der Waals surface area contributed by atoms with E-state index < -0.39 is 0 Å². The molecule has 0 radical (unpaired) electrons. The van der Waals surface area contributed by atoms with Crippen LogP contribution in [0.2, 0.25) is 0 Å². The molecule has 4 heteroatoms. The van der Waals surface area contributed by atoms with Crippen LogP contribution in [0.4, 0.5) is 0 Å². The average molecular weight is 266 g/mol. The molecule has 0 fully saturated rings. The number of para-hydroxylation sites is 1. The molecular weight excluding hydrogens is 252 g/mol. The molecule has 0 spiro atoms. The van der Waals surface area contributed by atoms with Crippen LogP contribution in [0, 0.1) is 6.92 Å². The molecule has 0 aliphatic carbocycles. The molecule has 0 aliphatic heterocycles. The molecule has 0 N–H and O–H groups in total. The molecule has 20 heavy (non-hydrogen) atoms. The van der Waals surface area contributed by atoms with Crippen LogP contribution < -0.4 is 4.74 Å². The van der Waals surface area contributed by atoms with Gasteiger partial charge in [-0.1, -0.05) is 36.4 Å². The molecule has 1 heterocycles. The maximum atomic E-state index is 5.68. The van der Waals surface area contributed by atoms with Gasteiger partial charge in [-0.15, -0.1) is 10.2 Å². The van der Waals surface area contributed by atoms with Crippen molar-refractivity contribution in [3.8, 4) is 17.2 Å². The summed E-state index contributed by atoms with van der Waals surface area (Å²) < 4.78 is 11.3. The molecule has 0 atom stereocenters. The van der Waals surface area contributed by atoms with Crippen molar-refractivity contribution < 1.29 is 9.15 Å². The zero-order chi connectivity index (χ0) is 13.8. The quantitative estimate of drug-likeness (QED) is 0.723. The van der Waals surface area contributed by atoms with Gasteiger partial charge in [0, 0.05) is 5.56 Å². The molecule has 2 aromatic carbocycles. The monoisotopic (exact) mass is 266 g/mol. The van der Waals surface area contributed by atoms with Crippen LogP contribution >= 0.6 is 0 Å². The summed E-state index contributed by atoms with van der Waals surface area (Å²) in [6.45, 7) is 2.27. The fourth-order valence-corrected chi connectivity index (χ4v) is 1.87. The molecule has 100 valence electrons. The Bertz CT molecular complexity index is 692. The minimum atomic E-state index is 0.269. The number of aromatic nitrogens is 2. The number of rotatable bonds is 4. The first kappa shape index (κ1) is 12.4. The predicted octanol–water partition coefficient (Wildman–Crippen LogP) is 3.62. The summed E-state index contributed by atoms with van der Waals surface area (Å²) in [4.78, 5) is 0. The standard InChI is InChI=1S/C16H14N2O2/c1-12-7-5-6-10-14(12)19-11-15-17-18-16(20-15)13-8-3-2-4-9-13/h2-10H,11H2,1H3. The molecule has 0 amide bonds. The summed E-state index contributed by atoms with van der Waals surface area (Å²) >= 11 is 0. The summed E-state index contributed by atoms with van der Waals surface area (Å²) in [5, 5.41) is 8.02. The van der Waals surface area contributed by atoms with Crippen LogP contribution in [0.15, 0.2) is 59.0 Å². The van der Waals surface area contributed by atoms with Crippen LogP contribution in [0.25, 0.3) is 11.5 Å². The minimum absolute atomic E-state index is 0.269. The maximum absolute atomic E-state index is 5.68. The van der Waals surface area contributed by atoms with E-state index in [1.54, 1.807) is 0 Å². The zero-order valence-corrected chi connectivity index (χ0v) is 11.1. The number of nitrogens with zero attached hydrogens (tertiary/aromatic N) is 2. The Kier molecular flexibility index (Phi) is 3.46. The summed E-state index contributed by atoms with van der Waals surface area (Å²) in [5.41, 5.74) is 1.98. The molecule has 3 rings (SSSR count). The minimum Gasteiger partial charge on any atom is -0.484 e. The zero-order valence-electron chi connectivity index (χ0n) is 11.1. The topological polar surface area (TPSA) is 48.2 Å². The van der Waals surface area contributed by atoms with Crippen molar-refractivity contribution >= 4 is 0 Å². The Morgan fingerprint density at radius 2 is 1.70 bits per heavy atom. The smallest absolute Gasteiger partial charge is 0.254 e. The second-order valence-corrected chi connectivity index (χ2v) is 4.42. The average Bonchev–Trinajstić information content (AvgIpc) is 2.96. The van der Waals surface area contributed by atoms with Gasteiger partial charge in [0.05, 0.1) is 0 Å². The van der Waals surface area contributed by atoms with Crippen molar-refractivity contribution in [2.75, 3.05) is 0 Å². The maximum Gasteiger partial charge on any atom is 0.254 e. The number of hydrogen-bond acceptors (Lipinski definition) is 4. The molecule has 0 unspecified atom stereocenters. The Morgan fingerprint density at radius 3 is 2.50 bits per heavy atom. The van der Waals surface area contributed by atoms with Gasteiger partial charge < -0.3 is 9.15 Å². The van der Waals surface area contributed by atoms with E-state index in [9.17, 15) is 0 Å². The molecule has 0 bridgehead atoms. The van der Waals surface area contributed by atoms with Gasteiger partial charge in [-0.25, -0.2) is 0 Å². The van der Waals surface area contributed by atoms with Gasteiger partial charge in [0.2, 0.25) is 5.89 Å². The molecule has 4 nitrogen and oxygen atoms in total. The highest BCUT2D eigenvalue weighted by Crippen LogP contribution is 2.20. The van der Waals surface area contributed by atoms with Crippen molar-refractivity contribution in [3.63, 3.8) is 0 Å². The molecule has 1 aromatic heterocycles. The van der Waals surface area contributed by atoms with Crippen LogP contribution in [0.3, 0.4) is 0 Å². The molecule has 3 aromatic rings. The van der Waals surface area contributed by atoms with E-state index in [1.165, 1.54) is 0 Å². The van der Waals surface area contributed by atoms with Crippen LogP contribution in [0.1, 0.15) is 11.5 Å². The lowest BCUT2D eigenvalue weighted by atomic mass is 10.2. The largest absolute Gasteiger partial charge is 0.484 e. The number of hydrogen-bond donors (Lipinski definition) is 0. The third-order valence-corrected chi connectivity index (χ3v) is 2.93. The van der Waals surface area contributed by atoms with Gasteiger partial charge in [0.15, 0.2) is 6.61 Å². The van der Waals surface area contributed by atoms with Gasteiger partial charge >= 0.3 is 0 Å². The van der Waals surface area contributed by atoms with Crippen molar-refractivity contribution in [1.29, 1.82) is 0 Å². The van der Waals surface area contributed by atoms with E-state index in [0.29, 0.717) is 11.8 Å². The lowest BCUT2D eigenvalue weighted by Gasteiger charge is -2.05. The highest BCUT2D eigenvalue weighted by molar-refractivity contribution is 5.51. The van der Waals surface area contributed by atoms with E-state index in [4.69, 9.17) is 9.15 Å². The van der Waals surface area contributed by atoms with Crippen molar-refractivity contribution in [2.45, 2.75) is 13.5 Å². The fourth-order valence-electron chi connectivity index (χ4n) is 1.87. The van der Waals surface area contributed by atoms with Gasteiger partial charge in [-0.2, -0.15) is 0 Å². The van der Waals surface area contributed by atoms with E-state index in [1.807, 2.05) is 61.5 Å². The Hall–Kier alpha value is -2.62. The van der Waals surface area contributed by atoms with Gasteiger partial charge in [-0.3, -0.25) is 0 Å². The van der Waals surface area contributed by atoms with Crippen LogP contribution in [-0.2, 0) is 6.61 Å². The second kappa shape index (κ2) is 5.57. The molecular formula is C16H14N2O2. The third kappa shape index (κ3) is 2.69. The number of benzene rings is 2. The summed E-state index contributed by atoms with van der Waals surface area (Å²) in [6, 6.07) is 17.5. The van der Waals surface area contributed by atoms with Gasteiger partial charge in [0.25, 0.3) is 5.89 Å². The molecule has 0 aliphatic rings. The molecule has 0 saturated carbocycles. The molecule has 0 saturated heterocycles. The normalized spacial score (nSPS) is 10.4. The summed E-state index contributed by atoms with van der Waals surface area (Å²) in [5.74, 6) is 1.80. The third-order valence-electron chi connectivity index (χ3n) is 2.93. The van der Waals surface area contributed by atoms with E-state index in [0.717, 1.165) is 16.9 Å². The van der Waals surface area contributed by atoms with E-state index in [2.05, 4.69) is 10.2 Å². The van der Waals surface area contributed by atoms with Crippen molar-refractivity contribution in [3.05, 3.63) is 66.1 Å². The fraction of sp³-hybridized carbons (Fsp3) is 0.125. The Balaban J connectivity index is 1.71. The van der Waals surface area contributed by atoms with Gasteiger partial charge in [0.1, 0.15) is 5.75 Å². The number of aryl methyl sites for hydroxylation is 1. The Morgan fingerprint density at radius 1 is 0.950 bits per heavy atom. The predicted molar refractivity (Wildman–Crippen MR) is 75.2 cm³/mol. The first-order chi connectivity index (χ1) is 9.83. The van der Waals surface area contributed by atoms with Crippen LogP contribution in [0.5, 0.6) is 5.75 Å². The van der Waals surface area contributed by atoms with E-state index in [-0.39, 0.29) is 6.61 Å². The first-order valence-electron chi connectivity index (χ1n) is 6.39.